The first-order valence-corrected chi connectivity index (χ1v) is 8.23. The normalized spacial score (nSPS) is 12.6. The highest BCUT2D eigenvalue weighted by atomic mass is 35.5. The number of rotatable bonds is 4. The molecule has 1 aliphatic rings. The number of benzene rings is 2. The molecule has 2 aromatic rings. The van der Waals surface area contributed by atoms with Crippen molar-refractivity contribution in [3.8, 4) is 0 Å². The van der Waals surface area contributed by atoms with Gasteiger partial charge in [0.05, 0.1) is 17.1 Å². The quantitative estimate of drug-likeness (QED) is 0.833. The van der Waals surface area contributed by atoms with Crippen LogP contribution in [0.3, 0.4) is 0 Å². The van der Waals surface area contributed by atoms with E-state index in [1.54, 1.807) is 0 Å². The van der Waals surface area contributed by atoms with E-state index in [1.165, 1.54) is 0 Å². The van der Waals surface area contributed by atoms with Crippen molar-refractivity contribution in [1.29, 1.82) is 0 Å². The van der Waals surface area contributed by atoms with Crippen molar-refractivity contribution in [2.24, 2.45) is 4.99 Å². The minimum Gasteiger partial charge on any atom is -0.358 e. The first kappa shape index (κ1) is 15.8. The van der Waals surface area contributed by atoms with E-state index in [2.05, 4.69) is 29.5 Å². The topological polar surface area (TPSA) is 39.7 Å². The van der Waals surface area contributed by atoms with Crippen LogP contribution in [0.1, 0.15) is 12.5 Å². The molecule has 2 N–H and O–H groups in total. The molecule has 1 heterocycles. The van der Waals surface area contributed by atoms with Gasteiger partial charge in [-0.05, 0) is 36.9 Å². The lowest BCUT2D eigenvalue weighted by Crippen LogP contribution is -2.34. The maximum atomic E-state index is 6.18. The Morgan fingerprint density at radius 3 is 2.83 bits per heavy atom. The standard InChI is InChI=1S/C18H21ClN4/c1-3-20-10-11-23(2)18-14-9-8-13(19)12-17(14)21-15-6-4-5-7-16(15)22-18/h4-9,12,20-21H,3,10-11H2,1-2H3. The minimum atomic E-state index is 0.713. The van der Waals surface area contributed by atoms with Crippen LogP contribution >= 0.6 is 11.6 Å². The Hall–Kier alpha value is -2.04. The fourth-order valence-electron chi connectivity index (χ4n) is 2.63. The van der Waals surface area contributed by atoms with Crippen LogP contribution in [0.5, 0.6) is 0 Å². The number of nitrogens with one attached hydrogen (secondary N) is 2. The van der Waals surface area contributed by atoms with Crippen molar-refractivity contribution in [2.45, 2.75) is 6.92 Å². The Morgan fingerprint density at radius 1 is 1.17 bits per heavy atom. The van der Waals surface area contributed by atoms with E-state index in [9.17, 15) is 0 Å². The number of halogens is 1. The van der Waals surface area contributed by atoms with Crippen molar-refractivity contribution in [3.05, 3.63) is 53.1 Å². The molecule has 0 amide bonds. The number of fused-ring (bicyclic) bond motifs is 2. The van der Waals surface area contributed by atoms with Crippen LogP contribution in [0.2, 0.25) is 5.02 Å². The van der Waals surface area contributed by atoms with Crippen molar-refractivity contribution in [3.63, 3.8) is 0 Å². The molecule has 0 atom stereocenters. The van der Waals surface area contributed by atoms with Gasteiger partial charge in [-0.2, -0.15) is 0 Å². The van der Waals surface area contributed by atoms with Crippen LogP contribution in [-0.2, 0) is 0 Å². The maximum absolute atomic E-state index is 6.18. The molecule has 5 heteroatoms. The summed E-state index contributed by atoms with van der Waals surface area (Å²) < 4.78 is 0. The Balaban J connectivity index is 2.03. The third kappa shape index (κ3) is 3.49. The molecule has 0 radical (unpaired) electrons. The van der Waals surface area contributed by atoms with Crippen molar-refractivity contribution in [1.82, 2.24) is 10.2 Å². The molecule has 4 nitrogen and oxygen atoms in total. The van der Waals surface area contributed by atoms with E-state index in [-0.39, 0.29) is 0 Å². The van der Waals surface area contributed by atoms with Crippen LogP contribution in [0, 0.1) is 0 Å². The summed E-state index contributed by atoms with van der Waals surface area (Å²) in [7, 11) is 2.07. The van der Waals surface area contributed by atoms with Crippen LogP contribution in [0.25, 0.3) is 0 Å². The Morgan fingerprint density at radius 2 is 2.00 bits per heavy atom. The zero-order chi connectivity index (χ0) is 16.2. The molecule has 3 rings (SSSR count). The lowest BCUT2D eigenvalue weighted by molar-refractivity contribution is 0.487. The summed E-state index contributed by atoms with van der Waals surface area (Å²) in [6.07, 6.45) is 0. The second kappa shape index (κ2) is 7.02. The molecule has 0 fully saturated rings. The smallest absolute Gasteiger partial charge is 0.138 e. The molecule has 1 aliphatic heterocycles. The number of nitrogens with zero attached hydrogens (tertiary/aromatic N) is 2. The monoisotopic (exact) mass is 328 g/mol. The molecule has 0 bridgehead atoms. The number of likely N-dealkylation sites (N-methyl/N-ethyl adjacent to an activating group) is 2. The summed E-state index contributed by atoms with van der Waals surface area (Å²) in [6.45, 7) is 4.89. The molecule has 120 valence electrons. The van der Waals surface area contributed by atoms with Crippen LogP contribution < -0.4 is 10.6 Å². The van der Waals surface area contributed by atoms with Gasteiger partial charge in [-0.3, -0.25) is 0 Å². The number of hydrogen-bond acceptors (Lipinski definition) is 4. The Labute approximate surface area is 142 Å². The first-order chi connectivity index (χ1) is 11.2. The number of para-hydroxylation sites is 2. The van der Waals surface area contributed by atoms with E-state index >= 15 is 0 Å². The van der Waals surface area contributed by atoms with Gasteiger partial charge >= 0.3 is 0 Å². The average molecular weight is 329 g/mol. The molecule has 23 heavy (non-hydrogen) atoms. The lowest BCUT2D eigenvalue weighted by atomic mass is 10.1. The van der Waals surface area contributed by atoms with E-state index in [1.807, 2.05) is 42.5 Å². The highest BCUT2D eigenvalue weighted by Gasteiger charge is 2.19. The van der Waals surface area contributed by atoms with Gasteiger partial charge in [0.25, 0.3) is 0 Å². The molecule has 0 unspecified atom stereocenters. The van der Waals surface area contributed by atoms with Gasteiger partial charge in [0, 0.05) is 30.7 Å². The fourth-order valence-corrected chi connectivity index (χ4v) is 2.80. The molecule has 0 saturated carbocycles. The predicted molar refractivity (Wildman–Crippen MR) is 98.5 cm³/mol. The van der Waals surface area contributed by atoms with E-state index in [0.717, 1.165) is 48.1 Å². The van der Waals surface area contributed by atoms with Crippen molar-refractivity contribution >= 4 is 34.5 Å². The van der Waals surface area contributed by atoms with Crippen molar-refractivity contribution in [2.75, 3.05) is 32.0 Å². The largest absolute Gasteiger partial charge is 0.358 e. The SMILES string of the molecule is CCNCCN(C)C1=Nc2ccccc2Nc2cc(Cl)ccc21. The molecule has 2 aromatic carbocycles. The number of aliphatic imine (C=N–C) groups is 1. The summed E-state index contributed by atoms with van der Waals surface area (Å²) in [4.78, 5) is 7.08. The minimum absolute atomic E-state index is 0.713. The second-order valence-electron chi connectivity index (χ2n) is 5.54. The van der Waals surface area contributed by atoms with Crippen LogP contribution in [0.15, 0.2) is 47.5 Å². The maximum Gasteiger partial charge on any atom is 0.138 e. The van der Waals surface area contributed by atoms with Gasteiger partial charge in [-0.25, -0.2) is 4.99 Å². The molecular formula is C18H21ClN4. The van der Waals surface area contributed by atoms with E-state index in [4.69, 9.17) is 16.6 Å². The third-order valence-electron chi connectivity index (χ3n) is 3.86. The molecule has 0 aromatic heterocycles. The number of hydrogen-bond donors (Lipinski definition) is 2. The van der Waals surface area contributed by atoms with Crippen LogP contribution in [0.4, 0.5) is 17.1 Å². The van der Waals surface area contributed by atoms with Crippen LogP contribution in [-0.4, -0.2) is 37.4 Å². The zero-order valence-corrected chi connectivity index (χ0v) is 14.2. The van der Waals surface area contributed by atoms with Gasteiger partial charge in [0.1, 0.15) is 5.84 Å². The highest BCUT2D eigenvalue weighted by molar-refractivity contribution is 6.31. The van der Waals surface area contributed by atoms with E-state index < -0.39 is 0 Å². The van der Waals surface area contributed by atoms with Gasteiger partial charge in [0.2, 0.25) is 0 Å². The summed E-state index contributed by atoms with van der Waals surface area (Å²) in [5.74, 6) is 0.951. The average Bonchev–Trinajstić information content (AvgIpc) is 2.70. The summed E-state index contributed by atoms with van der Waals surface area (Å²) >= 11 is 6.18. The summed E-state index contributed by atoms with van der Waals surface area (Å²) in [5.41, 5.74) is 3.97. The van der Waals surface area contributed by atoms with Gasteiger partial charge in [-0.1, -0.05) is 30.7 Å². The lowest BCUT2D eigenvalue weighted by Gasteiger charge is -2.22. The van der Waals surface area contributed by atoms with Gasteiger partial charge in [0.15, 0.2) is 0 Å². The predicted octanol–water partition coefficient (Wildman–Crippen LogP) is 4.02. The molecular weight excluding hydrogens is 308 g/mol. The fraction of sp³-hybridized carbons (Fsp3) is 0.278. The molecule has 0 spiro atoms. The first-order valence-electron chi connectivity index (χ1n) is 7.85. The van der Waals surface area contributed by atoms with Crippen molar-refractivity contribution < 1.29 is 0 Å². The highest BCUT2D eigenvalue weighted by Crippen LogP contribution is 2.35. The Bertz CT molecular complexity index is 727. The van der Waals surface area contributed by atoms with Gasteiger partial charge < -0.3 is 15.5 Å². The summed E-state index contributed by atoms with van der Waals surface area (Å²) in [5, 5.41) is 7.52. The van der Waals surface area contributed by atoms with Gasteiger partial charge in [-0.15, -0.1) is 0 Å². The second-order valence-corrected chi connectivity index (χ2v) is 5.98. The number of anilines is 2. The summed E-state index contributed by atoms with van der Waals surface area (Å²) in [6, 6.07) is 13.9. The third-order valence-corrected chi connectivity index (χ3v) is 4.09. The zero-order valence-electron chi connectivity index (χ0n) is 13.4. The number of amidine groups is 1. The van der Waals surface area contributed by atoms with E-state index in [0.29, 0.717) is 5.02 Å². The molecule has 0 saturated heterocycles. The molecule has 0 aliphatic carbocycles. The Kier molecular flexibility index (Phi) is 4.84.